The molecule has 8 heteroatoms. The summed E-state index contributed by atoms with van der Waals surface area (Å²) in [5.74, 6) is 1.46. The highest BCUT2D eigenvalue weighted by Gasteiger charge is 2.14. The number of ether oxygens (including phenoxy) is 1. The van der Waals surface area contributed by atoms with E-state index in [1.807, 2.05) is 31.2 Å². The Hall–Kier alpha value is -3.03. The maximum absolute atomic E-state index is 6.20. The molecule has 1 aliphatic heterocycles. The molecule has 1 aliphatic rings. The molecule has 7 nitrogen and oxygen atoms in total. The maximum Gasteiger partial charge on any atom is 0.229 e. The van der Waals surface area contributed by atoms with E-state index in [9.17, 15) is 0 Å². The van der Waals surface area contributed by atoms with Gasteiger partial charge in [-0.2, -0.15) is 4.98 Å². The minimum atomic E-state index is 0.426. The molecule has 2 heterocycles. The highest BCUT2D eigenvalue weighted by Crippen LogP contribution is 2.33. The van der Waals surface area contributed by atoms with Gasteiger partial charge in [0.15, 0.2) is 0 Å². The van der Waals surface area contributed by atoms with Crippen LogP contribution in [0.2, 0.25) is 5.02 Å². The fourth-order valence-corrected chi connectivity index (χ4v) is 3.71. The molecule has 0 radical (unpaired) electrons. The van der Waals surface area contributed by atoms with Gasteiger partial charge in [0.25, 0.3) is 0 Å². The van der Waals surface area contributed by atoms with E-state index < -0.39 is 0 Å². The van der Waals surface area contributed by atoms with Crippen molar-refractivity contribution in [2.45, 2.75) is 6.92 Å². The Balaban J connectivity index is 1.64. The predicted molar refractivity (Wildman–Crippen MR) is 123 cm³/mol. The smallest absolute Gasteiger partial charge is 0.229 e. The molecule has 0 bridgehead atoms. The van der Waals surface area contributed by atoms with Crippen molar-refractivity contribution in [3.63, 3.8) is 0 Å². The molecule has 1 fully saturated rings. The SMILES string of the molecule is COc1cc(-c2nc(Nc3cccc(N4CCNCC4)c3)nc(N)c2C)ccc1Cl. The lowest BCUT2D eigenvalue weighted by atomic mass is 10.1. The number of benzene rings is 2. The van der Waals surface area contributed by atoms with E-state index in [2.05, 4.69) is 32.7 Å². The summed E-state index contributed by atoms with van der Waals surface area (Å²) in [5.41, 5.74) is 10.7. The van der Waals surface area contributed by atoms with Gasteiger partial charge in [-0.1, -0.05) is 23.7 Å². The molecule has 2 aromatic carbocycles. The number of piperazine rings is 1. The molecule has 4 rings (SSSR count). The third kappa shape index (κ3) is 4.27. The lowest BCUT2D eigenvalue weighted by molar-refractivity contribution is 0.415. The standard InChI is InChI=1S/C22H25ClN6O/c1-14-20(15-6-7-18(23)19(12-15)30-2)27-22(28-21(14)24)26-16-4-3-5-17(13-16)29-10-8-25-9-11-29/h3-7,12-13,25H,8-11H2,1-2H3,(H3,24,26,27,28). The number of rotatable bonds is 5. The highest BCUT2D eigenvalue weighted by atomic mass is 35.5. The Morgan fingerprint density at radius 3 is 2.70 bits per heavy atom. The van der Waals surface area contributed by atoms with E-state index in [0.717, 1.165) is 48.7 Å². The second-order valence-electron chi connectivity index (χ2n) is 7.17. The van der Waals surface area contributed by atoms with Crippen LogP contribution in [0.4, 0.5) is 23.1 Å². The summed E-state index contributed by atoms with van der Waals surface area (Å²) in [6, 6.07) is 13.8. The summed E-state index contributed by atoms with van der Waals surface area (Å²) >= 11 is 6.17. The molecule has 0 aliphatic carbocycles. The number of hydrogen-bond donors (Lipinski definition) is 3. The van der Waals surface area contributed by atoms with Crippen LogP contribution in [-0.2, 0) is 0 Å². The van der Waals surface area contributed by atoms with Crippen LogP contribution in [0.1, 0.15) is 5.56 Å². The Morgan fingerprint density at radius 1 is 1.13 bits per heavy atom. The number of nitrogen functional groups attached to an aromatic ring is 1. The Morgan fingerprint density at radius 2 is 1.93 bits per heavy atom. The highest BCUT2D eigenvalue weighted by molar-refractivity contribution is 6.32. The van der Waals surface area contributed by atoms with E-state index in [-0.39, 0.29) is 0 Å². The zero-order chi connectivity index (χ0) is 21.1. The maximum atomic E-state index is 6.20. The summed E-state index contributed by atoms with van der Waals surface area (Å²) in [5, 5.41) is 7.22. The van der Waals surface area contributed by atoms with Crippen LogP contribution in [0.5, 0.6) is 5.75 Å². The Kier molecular flexibility index (Phi) is 5.92. The molecule has 4 N–H and O–H groups in total. The average Bonchev–Trinajstić information content (AvgIpc) is 2.77. The van der Waals surface area contributed by atoms with Gasteiger partial charge in [-0.05, 0) is 37.3 Å². The van der Waals surface area contributed by atoms with Crippen molar-refractivity contribution < 1.29 is 4.74 Å². The van der Waals surface area contributed by atoms with Crippen LogP contribution in [-0.4, -0.2) is 43.3 Å². The van der Waals surface area contributed by atoms with Gasteiger partial charge in [-0.3, -0.25) is 0 Å². The van der Waals surface area contributed by atoms with Crippen molar-refractivity contribution in [1.82, 2.24) is 15.3 Å². The number of halogens is 1. The monoisotopic (exact) mass is 424 g/mol. The van der Waals surface area contributed by atoms with Crippen molar-refractivity contribution >= 4 is 34.7 Å². The van der Waals surface area contributed by atoms with Crippen LogP contribution in [0.3, 0.4) is 0 Å². The first kappa shape index (κ1) is 20.3. The first-order chi connectivity index (χ1) is 14.5. The minimum absolute atomic E-state index is 0.426. The van der Waals surface area contributed by atoms with E-state index in [1.165, 1.54) is 5.69 Å². The van der Waals surface area contributed by atoms with E-state index in [0.29, 0.717) is 22.5 Å². The fourth-order valence-electron chi connectivity index (χ4n) is 3.51. The normalized spacial score (nSPS) is 13.9. The number of anilines is 4. The van der Waals surface area contributed by atoms with Gasteiger partial charge in [0.05, 0.1) is 17.8 Å². The second kappa shape index (κ2) is 8.77. The lowest BCUT2D eigenvalue weighted by Crippen LogP contribution is -2.43. The molecule has 1 aromatic heterocycles. The van der Waals surface area contributed by atoms with E-state index in [4.69, 9.17) is 27.1 Å². The summed E-state index contributed by atoms with van der Waals surface area (Å²) in [7, 11) is 1.59. The topological polar surface area (TPSA) is 88.3 Å². The number of nitrogens with two attached hydrogens (primary N) is 1. The molecule has 3 aromatic rings. The van der Waals surface area contributed by atoms with Gasteiger partial charge in [-0.15, -0.1) is 0 Å². The number of hydrogen-bond acceptors (Lipinski definition) is 7. The first-order valence-corrected chi connectivity index (χ1v) is 10.2. The van der Waals surface area contributed by atoms with Crippen LogP contribution >= 0.6 is 11.6 Å². The Bertz CT molecular complexity index is 1050. The van der Waals surface area contributed by atoms with Crippen molar-refractivity contribution in [3.8, 4) is 17.0 Å². The van der Waals surface area contributed by atoms with Crippen molar-refractivity contribution in [3.05, 3.63) is 53.1 Å². The second-order valence-corrected chi connectivity index (χ2v) is 7.57. The van der Waals surface area contributed by atoms with Gasteiger partial charge in [0, 0.05) is 48.7 Å². The van der Waals surface area contributed by atoms with Crippen molar-refractivity contribution in [2.75, 3.05) is 49.2 Å². The van der Waals surface area contributed by atoms with Crippen LogP contribution in [0, 0.1) is 6.92 Å². The molecule has 0 saturated carbocycles. The average molecular weight is 425 g/mol. The number of aromatic nitrogens is 2. The van der Waals surface area contributed by atoms with Crippen LogP contribution < -0.4 is 26.0 Å². The molecular weight excluding hydrogens is 400 g/mol. The van der Waals surface area contributed by atoms with Crippen molar-refractivity contribution in [1.29, 1.82) is 0 Å². The van der Waals surface area contributed by atoms with Crippen molar-refractivity contribution in [2.24, 2.45) is 0 Å². The van der Waals surface area contributed by atoms with Gasteiger partial charge in [0.1, 0.15) is 11.6 Å². The number of methoxy groups -OCH3 is 1. The zero-order valence-electron chi connectivity index (χ0n) is 17.1. The third-order valence-corrected chi connectivity index (χ3v) is 5.50. The molecule has 1 saturated heterocycles. The van der Waals surface area contributed by atoms with E-state index >= 15 is 0 Å². The summed E-state index contributed by atoms with van der Waals surface area (Å²) in [6.07, 6.45) is 0. The van der Waals surface area contributed by atoms with Gasteiger partial charge in [-0.25, -0.2) is 4.98 Å². The number of nitrogens with zero attached hydrogens (tertiary/aromatic N) is 3. The quantitative estimate of drug-likeness (QED) is 0.573. The van der Waals surface area contributed by atoms with Gasteiger partial charge >= 0.3 is 0 Å². The Labute approximate surface area is 181 Å². The zero-order valence-corrected chi connectivity index (χ0v) is 17.8. The van der Waals surface area contributed by atoms with Gasteiger partial charge in [0.2, 0.25) is 5.95 Å². The summed E-state index contributed by atoms with van der Waals surface area (Å²) < 4.78 is 5.34. The number of nitrogens with one attached hydrogen (secondary N) is 2. The predicted octanol–water partition coefficient (Wildman–Crippen LogP) is 3.85. The molecule has 0 amide bonds. The molecule has 30 heavy (non-hydrogen) atoms. The first-order valence-electron chi connectivity index (χ1n) is 9.86. The lowest BCUT2D eigenvalue weighted by Gasteiger charge is -2.29. The summed E-state index contributed by atoms with van der Waals surface area (Å²) in [4.78, 5) is 11.5. The molecular formula is C22H25ClN6O. The van der Waals surface area contributed by atoms with Crippen LogP contribution in [0.15, 0.2) is 42.5 Å². The van der Waals surface area contributed by atoms with E-state index in [1.54, 1.807) is 13.2 Å². The largest absolute Gasteiger partial charge is 0.495 e. The molecule has 0 atom stereocenters. The fraction of sp³-hybridized carbons (Fsp3) is 0.273. The summed E-state index contributed by atoms with van der Waals surface area (Å²) in [6.45, 7) is 5.85. The third-order valence-electron chi connectivity index (χ3n) is 5.19. The molecule has 0 unspecified atom stereocenters. The van der Waals surface area contributed by atoms with Crippen LogP contribution in [0.25, 0.3) is 11.3 Å². The molecule has 0 spiro atoms. The van der Waals surface area contributed by atoms with Gasteiger partial charge < -0.3 is 26.0 Å². The molecule has 156 valence electrons. The minimum Gasteiger partial charge on any atom is -0.495 e.